The van der Waals surface area contributed by atoms with Crippen molar-refractivity contribution in [1.29, 1.82) is 0 Å². The van der Waals surface area contributed by atoms with Crippen LogP contribution in [0.25, 0.3) is 0 Å². The molecule has 0 saturated heterocycles. The lowest BCUT2D eigenvalue weighted by atomic mass is 9.73. The molecule has 1 atom stereocenters. The van der Waals surface area contributed by atoms with Crippen LogP contribution in [0.1, 0.15) is 57.1 Å². The SMILES string of the molecule is CCCCN(CCCC)CCC1(c2ccccc2)C(=O)Oc2ccccc21. The molecule has 27 heavy (non-hydrogen) atoms. The fourth-order valence-electron chi connectivity index (χ4n) is 4.01. The van der Waals surface area contributed by atoms with Crippen LogP contribution in [0.3, 0.4) is 0 Å². The van der Waals surface area contributed by atoms with Gasteiger partial charge < -0.3 is 9.64 Å². The molecule has 0 bridgehead atoms. The van der Waals surface area contributed by atoms with Gasteiger partial charge in [0.05, 0.1) is 0 Å². The second kappa shape index (κ2) is 9.18. The Morgan fingerprint density at radius 3 is 2.15 bits per heavy atom. The number of benzene rings is 2. The highest BCUT2D eigenvalue weighted by Gasteiger charge is 2.50. The van der Waals surface area contributed by atoms with Gasteiger partial charge in [-0.3, -0.25) is 4.79 Å². The smallest absolute Gasteiger partial charge is 0.326 e. The summed E-state index contributed by atoms with van der Waals surface area (Å²) in [6, 6.07) is 18.0. The summed E-state index contributed by atoms with van der Waals surface area (Å²) < 4.78 is 5.71. The van der Waals surface area contributed by atoms with E-state index in [0.29, 0.717) is 5.75 Å². The number of hydrogen-bond acceptors (Lipinski definition) is 3. The molecule has 0 N–H and O–H groups in total. The van der Waals surface area contributed by atoms with Crippen molar-refractivity contribution in [3.05, 3.63) is 65.7 Å². The van der Waals surface area contributed by atoms with Crippen molar-refractivity contribution in [3.8, 4) is 5.75 Å². The fourth-order valence-corrected chi connectivity index (χ4v) is 4.01. The summed E-state index contributed by atoms with van der Waals surface area (Å²) in [4.78, 5) is 15.7. The molecule has 3 nitrogen and oxygen atoms in total. The fraction of sp³-hybridized carbons (Fsp3) is 0.458. The van der Waals surface area contributed by atoms with Crippen LogP contribution in [0.4, 0.5) is 0 Å². The first-order valence-electron chi connectivity index (χ1n) is 10.3. The van der Waals surface area contributed by atoms with Crippen LogP contribution >= 0.6 is 0 Å². The van der Waals surface area contributed by atoms with Crippen LogP contribution in [0.2, 0.25) is 0 Å². The Kier molecular flexibility index (Phi) is 6.68. The molecule has 0 fully saturated rings. The molecule has 0 radical (unpaired) electrons. The van der Waals surface area contributed by atoms with E-state index in [-0.39, 0.29) is 5.97 Å². The summed E-state index contributed by atoms with van der Waals surface area (Å²) in [6.07, 6.45) is 5.53. The van der Waals surface area contributed by atoms with Crippen LogP contribution in [0.5, 0.6) is 5.75 Å². The van der Waals surface area contributed by atoms with E-state index >= 15 is 0 Å². The first-order chi connectivity index (χ1) is 13.2. The van der Waals surface area contributed by atoms with Crippen LogP contribution in [0, 0.1) is 0 Å². The minimum absolute atomic E-state index is 0.138. The van der Waals surface area contributed by atoms with Crippen molar-refractivity contribution in [2.45, 2.75) is 51.4 Å². The van der Waals surface area contributed by atoms with Gasteiger partial charge in [0.25, 0.3) is 0 Å². The monoisotopic (exact) mass is 365 g/mol. The highest BCUT2D eigenvalue weighted by Crippen LogP contribution is 2.46. The molecule has 1 unspecified atom stereocenters. The van der Waals surface area contributed by atoms with Crippen LogP contribution in [0.15, 0.2) is 54.6 Å². The van der Waals surface area contributed by atoms with Crippen molar-refractivity contribution in [3.63, 3.8) is 0 Å². The van der Waals surface area contributed by atoms with E-state index in [2.05, 4.69) is 36.9 Å². The first kappa shape index (κ1) is 19.6. The molecule has 0 amide bonds. The topological polar surface area (TPSA) is 29.5 Å². The third-order valence-corrected chi connectivity index (χ3v) is 5.62. The van der Waals surface area contributed by atoms with Gasteiger partial charge in [-0.1, -0.05) is 75.2 Å². The third-order valence-electron chi connectivity index (χ3n) is 5.62. The molecule has 3 heteroatoms. The Morgan fingerprint density at radius 1 is 0.852 bits per heavy atom. The highest BCUT2D eigenvalue weighted by molar-refractivity contribution is 5.94. The van der Waals surface area contributed by atoms with E-state index in [1.807, 2.05) is 36.4 Å². The molecule has 2 aromatic rings. The number of rotatable bonds is 10. The van der Waals surface area contributed by atoms with E-state index in [1.165, 1.54) is 25.7 Å². The predicted molar refractivity (Wildman–Crippen MR) is 110 cm³/mol. The molecular weight excluding hydrogens is 334 g/mol. The van der Waals surface area contributed by atoms with Gasteiger partial charge in [0.2, 0.25) is 0 Å². The van der Waals surface area contributed by atoms with Gasteiger partial charge in [0, 0.05) is 5.56 Å². The lowest BCUT2D eigenvalue weighted by Gasteiger charge is -2.30. The van der Waals surface area contributed by atoms with Gasteiger partial charge in [-0.15, -0.1) is 0 Å². The van der Waals surface area contributed by atoms with Crippen molar-refractivity contribution >= 4 is 5.97 Å². The minimum Gasteiger partial charge on any atom is -0.425 e. The summed E-state index contributed by atoms with van der Waals surface area (Å²) >= 11 is 0. The average molecular weight is 366 g/mol. The number of ether oxygens (including phenoxy) is 1. The number of unbranched alkanes of at least 4 members (excludes halogenated alkanes) is 2. The highest BCUT2D eigenvalue weighted by atomic mass is 16.5. The van der Waals surface area contributed by atoms with Crippen molar-refractivity contribution in [1.82, 2.24) is 4.90 Å². The van der Waals surface area contributed by atoms with E-state index in [4.69, 9.17) is 4.74 Å². The lowest BCUT2D eigenvalue weighted by molar-refractivity contribution is -0.137. The maximum atomic E-state index is 13.2. The predicted octanol–water partition coefficient (Wildman–Crippen LogP) is 5.18. The van der Waals surface area contributed by atoms with Gasteiger partial charge in [-0.05, 0) is 50.5 Å². The number of carbonyl (C=O) groups excluding carboxylic acids is 1. The molecule has 144 valence electrons. The normalized spacial score (nSPS) is 18.6. The molecule has 0 spiro atoms. The zero-order valence-corrected chi connectivity index (χ0v) is 16.6. The second-order valence-electron chi connectivity index (χ2n) is 7.46. The summed E-state index contributed by atoms with van der Waals surface area (Å²) in [5.74, 6) is 0.570. The molecule has 1 aliphatic rings. The average Bonchev–Trinajstić information content (AvgIpc) is 3.00. The Hall–Kier alpha value is -2.13. The minimum atomic E-state index is -0.700. The van der Waals surface area contributed by atoms with Crippen molar-refractivity contribution in [2.24, 2.45) is 0 Å². The summed E-state index contributed by atoms with van der Waals surface area (Å²) in [7, 11) is 0. The number of fused-ring (bicyclic) bond motifs is 1. The third kappa shape index (κ3) is 4.08. The summed E-state index contributed by atoms with van der Waals surface area (Å²) in [5, 5.41) is 0. The number of nitrogens with zero attached hydrogens (tertiary/aromatic N) is 1. The van der Waals surface area contributed by atoms with Crippen molar-refractivity contribution in [2.75, 3.05) is 19.6 Å². The molecule has 2 aromatic carbocycles. The summed E-state index contributed by atoms with van der Waals surface area (Å²) in [6.45, 7) is 7.55. The Bertz CT molecular complexity index is 735. The van der Waals surface area contributed by atoms with Gasteiger partial charge in [-0.2, -0.15) is 0 Å². The number of para-hydroxylation sites is 1. The van der Waals surface area contributed by atoms with E-state index in [9.17, 15) is 4.79 Å². The molecule has 1 heterocycles. The van der Waals surface area contributed by atoms with Gasteiger partial charge in [-0.25, -0.2) is 0 Å². The van der Waals surface area contributed by atoms with Gasteiger partial charge >= 0.3 is 5.97 Å². The number of carbonyl (C=O) groups is 1. The molecule has 0 aromatic heterocycles. The first-order valence-corrected chi connectivity index (χ1v) is 10.3. The number of esters is 1. The van der Waals surface area contributed by atoms with Crippen LogP contribution in [-0.4, -0.2) is 30.5 Å². The maximum Gasteiger partial charge on any atom is 0.326 e. The number of hydrogen-bond donors (Lipinski definition) is 0. The molecule has 0 aliphatic carbocycles. The molecular formula is C24H31NO2. The Morgan fingerprint density at radius 2 is 1.48 bits per heavy atom. The van der Waals surface area contributed by atoms with Crippen LogP contribution in [-0.2, 0) is 10.2 Å². The maximum absolute atomic E-state index is 13.2. The van der Waals surface area contributed by atoms with Crippen molar-refractivity contribution < 1.29 is 9.53 Å². The van der Waals surface area contributed by atoms with Gasteiger partial charge in [0.15, 0.2) is 0 Å². The van der Waals surface area contributed by atoms with Crippen LogP contribution < -0.4 is 4.74 Å². The Labute approximate surface area is 163 Å². The zero-order chi connectivity index (χ0) is 19.1. The molecule has 3 rings (SSSR count). The van der Waals surface area contributed by atoms with E-state index in [1.54, 1.807) is 0 Å². The quantitative estimate of drug-likeness (QED) is 0.429. The van der Waals surface area contributed by atoms with E-state index < -0.39 is 5.41 Å². The standard InChI is InChI=1S/C24H31NO2/c1-3-5-17-25(18-6-4-2)19-16-24(20-12-8-7-9-13-20)21-14-10-11-15-22(21)27-23(24)26/h7-15H,3-6,16-19H2,1-2H3. The zero-order valence-electron chi connectivity index (χ0n) is 16.6. The lowest BCUT2D eigenvalue weighted by Crippen LogP contribution is -2.39. The largest absolute Gasteiger partial charge is 0.425 e. The Balaban J connectivity index is 1.91. The molecule has 1 aliphatic heterocycles. The van der Waals surface area contributed by atoms with Gasteiger partial charge in [0.1, 0.15) is 11.2 Å². The second-order valence-corrected chi connectivity index (χ2v) is 7.46. The van der Waals surface area contributed by atoms with E-state index in [0.717, 1.165) is 37.2 Å². The summed E-state index contributed by atoms with van der Waals surface area (Å²) in [5.41, 5.74) is 1.34. The molecule has 0 saturated carbocycles.